The van der Waals surface area contributed by atoms with Gasteiger partial charge in [-0.1, -0.05) is 188 Å². The van der Waals surface area contributed by atoms with Crippen LogP contribution >= 0.6 is 34.0 Å². The normalized spacial score (nSPS) is 12.0. The van der Waals surface area contributed by atoms with E-state index < -0.39 is 0 Å². The molecule has 20 rings (SSSR count). The first-order valence-electron chi connectivity index (χ1n) is 29.9. The molecule has 0 N–H and O–H groups in total. The quantitative estimate of drug-likeness (QED) is 0.165. The lowest BCUT2D eigenvalue weighted by Crippen LogP contribution is -1.93. The molecule has 7 nitrogen and oxygen atoms in total. The maximum absolute atomic E-state index is 6.51. The molecule has 0 aliphatic rings. The van der Waals surface area contributed by atoms with Gasteiger partial charge >= 0.3 is 0 Å². The van der Waals surface area contributed by atoms with E-state index in [1.807, 2.05) is 34.0 Å². The van der Waals surface area contributed by atoms with Crippen molar-refractivity contribution in [2.24, 2.45) is 0 Å². The Kier molecular flexibility index (Phi) is 11.4. The Morgan fingerprint density at radius 1 is 0.278 bits per heavy atom. The second-order valence-electron chi connectivity index (χ2n) is 22.8. The van der Waals surface area contributed by atoms with Crippen LogP contribution in [0.4, 0.5) is 0 Å². The van der Waals surface area contributed by atoms with E-state index in [0.717, 1.165) is 77.9 Å². The molecule has 0 saturated carbocycles. The predicted molar refractivity (Wildman–Crippen MR) is 379 cm³/mol. The van der Waals surface area contributed by atoms with Crippen LogP contribution in [0.5, 0.6) is 0 Å². The van der Waals surface area contributed by atoms with E-state index in [1.54, 1.807) is 12.7 Å². The van der Waals surface area contributed by atoms with Gasteiger partial charge in [0.05, 0.1) is 11.0 Å². The fraction of sp³-hybridized carbons (Fsp3) is 0. The third-order valence-corrected chi connectivity index (χ3v) is 21.4. The summed E-state index contributed by atoms with van der Waals surface area (Å²) in [7, 11) is 0. The standard InChI is InChI=1S/C40H23N3OS.C40H22N2OS2/c1-4-16-33-28(11-1)29-12-2-5-17-34(29)43(33)26-19-20-35-32(22-26)38-39(44-35)37(41-23-42-38)25-10-7-9-24(21-25)27-14-8-15-31-30-13-3-6-18-36(30)45-40(27)31;1-3-16-34-28(10-1)30-14-6-12-26(39(30)44-34)23-8-5-9-25(20-23)36-38-37(42-22-41-36)32-21-24(18-19-33(32)43-38)27-13-7-15-31-29-11-2-4-17-35(29)45-40(27)31/h1-23H;1-22H. The summed E-state index contributed by atoms with van der Waals surface area (Å²) in [4.78, 5) is 19.0. The minimum Gasteiger partial charge on any atom is -0.452 e. The van der Waals surface area contributed by atoms with E-state index in [2.05, 4.69) is 265 Å². The second-order valence-corrected chi connectivity index (χ2v) is 25.9. The summed E-state index contributed by atoms with van der Waals surface area (Å²) < 4.78 is 23.1. The van der Waals surface area contributed by atoms with Crippen LogP contribution in [-0.4, -0.2) is 24.5 Å². The van der Waals surface area contributed by atoms with Gasteiger partial charge in [0.25, 0.3) is 0 Å². The van der Waals surface area contributed by atoms with Crippen molar-refractivity contribution in [3.63, 3.8) is 0 Å². The Hall–Kier alpha value is -11.1. The lowest BCUT2D eigenvalue weighted by molar-refractivity contribution is 0.666. The van der Waals surface area contributed by atoms with Crippen molar-refractivity contribution in [2.75, 3.05) is 0 Å². The molecule has 8 heterocycles. The van der Waals surface area contributed by atoms with Gasteiger partial charge in [-0.25, -0.2) is 19.9 Å². The van der Waals surface area contributed by atoms with Crippen LogP contribution in [0.25, 0.3) is 188 Å². The highest BCUT2D eigenvalue weighted by molar-refractivity contribution is 7.27. The predicted octanol–water partition coefficient (Wildman–Crippen LogP) is 23.3. The van der Waals surface area contributed by atoms with Crippen molar-refractivity contribution < 1.29 is 8.83 Å². The largest absolute Gasteiger partial charge is 0.452 e. The molecule has 0 atom stereocenters. The first-order valence-corrected chi connectivity index (χ1v) is 32.3. The molecule has 0 saturated heterocycles. The summed E-state index contributed by atoms with van der Waals surface area (Å²) in [5.41, 5.74) is 18.8. The van der Waals surface area contributed by atoms with Crippen molar-refractivity contribution in [2.45, 2.75) is 0 Å². The summed E-state index contributed by atoms with van der Waals surface area (Å²) in [6, 6.07) is 92.8. The third-order valence-electron chi connectivity index (χ3n) is 17.7. The molecule has 90 heavy (non-hydrogen) atoms. The minimum absolute atomic E-state index is 0.698. The molecule has 12 aromatic carbocycles. The molecule has 0 fully saturated rings. The number of benzene rings is 12. The molecule has 420 valence electrons. The highest BCUT2D eigenvalue weighted by Gasteiger charge is 2.22. The molecule has 0 aliphatic carbocycles. The summed E-state index contributed by atoms with van der Waals surface area (Å²) >= 11 is 5.54. The molecule has 0 amide bonds. The Morgan fingerprint density at radius 2 is 0.656 bits per heavy atom. The zero-order valence-electron chi connectivity index (χ0n) is 47.8. The number of rotatable bonds is 6. The SMILES string of the molecule is c1cc(-c2ncnc3c2oc2ccc(-c4cccc5c4sc4ccccc45)cc23)cc(-c2cccc3c2sc2ccccc23)c1.c1cc(-c2ncnc3c2oc2ccc(-n4c5ccccc5c5ccccc54)cc23)cc(-c2cccc3c2sc2ccccc23)c1. The molecular formula is C80H45N5O2S3. The lowest BCUT2D eigenvalue weighted by atomic mass is 9.99. The van der Waals surface area contributed by atoms with E-state index >= 15 is 0 Å². The molecule has 20 aromatic rings. The Morgan fingerprint density at radius 3 is 1.13 bits per heavy atom. The number of hydrogen-bond acceptors (Lipinski definition) is 9. The molecular weight excluding hydrogens is 1160 g/mol. The Bertz CT molecular complexity index is 6280. The summed E-state index contributed by atoms with van der Waals surface area (Å²) in [6.07, 6.45) is 3.31. The highest BCUT2D eigenvalue weighted by Crippen LogP contribution is 2.46. The van der Waals surface area contributed by atoms with Crippen LogP contribution in [-0.2, 0) is 0 Å². The van der Waals surface area contributed by atoms with Crippen LogP contribution in [0.2, 0.25) is 0 Å². The van der Waals surface area contributed by atoms with Gasteiger partial charge in [-0.2, -0.15) is 0 Å². The van der Waals surface area contributed by atoms with Crippen LogP contribution in [0.3, 0.4) is 0 Å². The molecule has 0 bridgehead atoms. The van der Waals surface area contributed by atoms with E-state index in [0.29, 0.717) is 11.2 Å². The molecule has 0 unspecified atom stereocenters. The minimum atomic E-state index is 0.698. The van der Waals surface area contributed by atoms with Gasteiger partial charge < -0.3 is 13.4 Å². The summed E-state index contributed by atoms with van der Waals surface area (Å²) in [5.74, 6) is 0. The number of nitrogens with zero attached hydrogens (tertiary/aromatic N) is 5. The summed E-state index contributed by atoms with van der Waals surface area (Å²) in [5, 5.41) is 12.2. The van der Waals surface area contributed by atoms with Gasteiger partial charge in [0.15, 0.2) is 11.2 Å². The van der Waals surface area contributed by atoms with Crippen molar-refractivity contribution in [1.82, 2.24) is 24.5 Å². The van der Waals surface area contributed by atoms with Crippen LogP contribution in [0.1, 0.15) is 0 Å². The fourth-order valence-corrected chi connectivity index (χ4v) is 17.4. The van der Waals surface area contributed by atoms with E-state index in [1.165, 1.54) is 99.0 Å². The van der Waals surface area contributed by atoms with Gasteiger partial charge in [-0.15, -0.1) is 34.0 Å². The number of fused-ring (bicyclic) bond motifs is 18. The van der Waals surface area contributed by atoms with Crippen LogP contribution in [0.15, 0.2) is 282 Å². The molecule has 0 radical (unpaired) electrons. The zero-order chi connectivity index (χ0) is 59.0. The molecule has 0 spiro atoms. The van der Waals surface area contributed by atoms with Crippen LogP contribution in [0, 0.1) is 0 Å². The van der Waals surface area contributed by atoms with E-state index in [-0.39, 0.29) is 0 Å². The van der Waals surface area contributed by atoms with Crippen molar-refractivity contribution in [3.8, 4) is 61.6 Å². The molecule has 8 aromatic heterocycles. The smallest absolute Gasteiger partial charge is 0.180 e. The average Bonchev–Trinajstić information content (AvgIpc) is 1.98. The Labute approximate surface area is 525 Å². The maximum atomic E-state index is 6.51. The van der Waals surface area contributed by atoms with Gasteiger partial charge in [0, 0.05) is 98.9 Å². The molecule has 0 aliphatic heterocycles. The number of aromatic nitrogens is 5. The number of para-hydroxylation sites is 2. The summed E-state index contributed by atoms with van der Waals surface area (Å²) in [6.45, 7) is 0. The number of thiophene rings is 3. The average molecular weight is 1200 g/mol. The number of hydrogen-bond donors (Lipinski definition) is 0. The van der Waals surface area contributed by atoms with Crippen molar-refractivity contribution in [1.29, 1.82) is 0 Å². The van der Waals surface area contributed by atoms with E-state index in [4.69, 9.17) is 28.8 Å². The first kappa shape index (κ1) is 51.0. The number of furan rings is 2. The fourth-order valence-electron chi connectivity index (χ4n) is 13.7. The van der Waals surface area contributed by atoms with Crippen LogP contribution < -0.4 is 0 Å². The van der Waals surface area contributed by atoms with Gasteiger partial charge in [-0.3, -0.25) is 0 Å². The van der Waals surface area contributed by atoms with Crippen molar-refractivity contribution in [3.05, 3.63) is 274 Å². The first-order chi connectivity index (χ1) is 44.6. The van der Waals surface area contributed by atoms with E-state index in [9.17, 15) is 0 Å². The topological polar surface area (TPSA) is 82.8 Å². The monoisotopic (exact) mass is 1200 g/mol. The maximum Gasteiger partial charge on any atom is 0.180 e. The van der Waals surface area contributed by atoms with Gasteiger partial charge in [-0.05, 0) is 106 Å². The van der Waals surface area contributed by atoms with Crippen molar-refractivity contribution >= 4 is 160 Å². The third kappa shape index (κ3) is 7.95. The molecule has 10 heteroatoms. The van der Waals surface area contributed by atoms with Gasteiger partial charge in [0.2, 0.25) is 0 Å². The zero-order valence-corrected chi connectivity index (χ0v) is 50.2. The second kappa shape index (κ2) is 20.2. The lowest BCUT2D eigenvalue weighted by Gasteiger charge is -2.08. The van der Waals surface area contributed by atoms with Gasteiger partial charge in [0.1, 0.15) is 46.2 Å². The highest BCUT2D eigenvalue weighted by atomic mass is 32.1. The Balaban J connectivity index is 0.000000130.